The molecule has 1 amide bonds. The number of carbonyl (C=O) groups is 1. The van der Waals surface area contributed by atoms with E-state index in [2.05, 4.69) is 15.4 Å². The molecule has 7 heteroatoms. The van der Waals surface area contributed by atoms with E-state index in [0.29, 0.717) is 0 Å². The van der Waals surface area contributed by atoms with Crippen LogP contribution in [-0.4, -0.2) is 31.3 Å². The Bertz CT molecular complexity index is 497. The summed E-state index contributed by atoms with van der Waals surface area (Å²) >= 11 is 0. The van der Waals surface area contributed by atoms with E-state index in [-0.39, 0.29) is 23.7 Å². The van der Waals surface area contributed by atoms with Gasteiger partial charge >= 0.3 is 6.18 Å². The van der Waals surface area contributed by atoms with Crippen molar-refractivity contribution in [2.24, 2.45) is 0 Å². The molecule has 0 radical (unpaired) electrons. The molecule has 1 aliphatic heterocycles. The van der Waals surface area contributed by atoms with E-state index >= 15 is 0 Å². The summed E-state index contributed by atoms with van der Waals surface area (Å²) in [7, 11) is 0. The van der Waals surface area contributed by atoms with Gasteiger partial charge in [0.1, 0.15) is 5.75 Å². The van der Waals surface area contributed by atoms with Crippen molar-refractivity contribution in [2.75, 3.05) is 13.2 Å². The number of benzene rings is 1. The van der Waals surface area contributed by atoms with Crippen molar-refractivity contribution in [3.8, 4) is 5.75 Å². The van der Waals surface area contributed by atoms with Crippen LogP contribution in [-0.2, 0) is 4.79 Å². The van der Waals surface area contributed by atoms with Crippen LogP contribution in [0.3, 0.4) is 0 Å². The van der Waals surface area contributed by atoms with Crippen LogP contribution in [0.2, 0.25) is 0 Å². The van der Waals surface area contributed by atoms with Crippen molar-refractivity contribution in [3.63, 3.8) is 0 Å². The van der Waals surface area contributed by atoms with Gasteiger partial charge in [-0.05, 0) is 44.0 Å². The molecule has 0 spiro atoms. The normalized spacial score (nSPS) is 19.7. The van der Waals surface area contributed by atoms with Gasteiger partial charge in [0, 0.05) is 0 Å². The van der Waals surface area contributed by atoms with Crippen molar-refractivity contribution in [2.45, 2.75) is 38.0 Å². The maximum absolute atomic E-state index is 12.1. The van der Waals surface area contributed by atoms with Crippen LogP contribution in [0, 0.1) is 0 Å². The lowest BCUT2D eigenvalue weighted by molar-refractivity contribution is -0.153. The zero-order valence-corrected chi connectivity index (χ0v) is 12.2. The summed E-state index contributed by atoms with van der Waals surface area (Å²) in [5.41, 5.74) is 0.811. The van der Waals surface area contributed by atoms with Gasteiger partial charge in [0.2, 0.25) is 5.91 Å². The molecule has 1 aromatic carbocycles. The zero-order valence-electron chi connectivity index (χ0n) is 12.2. The number of amides is 1. The molecule has 1 heterocycles. The highest BCUT2D eigenvalue weighted by Gasteiger charge is 2.28. The van der Waals surface area contributed by atoms with E-state index < -0.39 is 12.8 Å². The minimum absolute atomic E-state index is 0.0533. The molecule has 0 aromatic heterocycles. The highest BCUT2D eigenvalue weighted by Crippen LogP contribution is 2.21. The fraction of sp³-hybridized carbons (Fsp3) is 0.533. The van der Waals surface area contributed by atoms with Crippen molar-refractivity contribution in [1.82, 2.24) is 10.6 Å². The van der Waals surface area contributed by atoms with Gasteiger partial charge in [0.15, 0.2) is 6.61 Å². The fourth-order valence-electron chi connectivity index (χ4n) is 2.32. The number of alkyl halides is 3. The molecule has 1 aromatic rings. The number of carbonyl (C=O) groups excluding carboxylic acids is 1. The largest absolute Gasteiger partial charge is 0.484 e. The Labute approximate surface area is 127 Å². The topological polar surface area (TPSA) is 50.4 Å². The third kappa shape index (κ3) is 4.91. The Kier molecular flexibility index (Phi) is 5.28. The third-order valence-electron chi connectivity index (χ3n) is 3.52. The number of nitrogens with one attached hydrogen (secondary N) is 2. The Morgan fingerprint density at radius 1 is 1.41 bits per heavy atom. The van der Waals surface area contributed by atoms with Crippen LogP contribution in [0.1, 0.15) is 31.4 Å². The Morgan fingerprint density at radius 2 is 2.09 bits per heavy atom. The van der Waals surface area contributed by atoms with E-state index in [0.717, 1.165) is 24.9 Å². The van der Waals surface area contributed by atoms with Crippen LogP contribution >= 0.6 is 0 Å². The van der Waals surface area contributed by atoms with Gasteiger partial charge in [0.25, 0.3) is 0 Å². The standard InChI is InChI=1S/C15H19F3N2O2/c1-10(20-14(21)13-3-2-8-19-13)11-4-6-12(7-5-11)22-9-15(16,17)18/h4-7,10,13,19H,2-3,8-9H2,1H3,(H,20,21). The molecule has 1 saturated heterocycles. The number of ether oxygens (including phenoxy) is 1. The Hall–Kier alpha value is -1.76. The smallest absolute Gasteiger partial charge is 0.422 e. The summed E-state index contributed by atoms with van der Waals surface area (Å²) in [5, 5.41) is 6.01. The number of hydrogen-bond donors (Lipinski definition) is 2. The summed E-state index contributed by atoms with van der Waals surface area (Å²) < 4.78 is 40.8. The lowest BCUT2D eigenvalue weighted by Crippen LogP contribution is -2.41. The Balaban J connectivity index is 1.87. The monoisotopic (exact) mass is 316 g/mol. The van der Waals surface area contributed by atoms with E-state index in [1.807, 2.05) is 6.92 Å². The van der Waals surface area contributed by atoms with Gasteiger partial charge in [-0.3, -0.25) is 4.79 Å². The summed E-state index contributed by atoms with van der Waals surface area (Å²) in [6, 6.07) is 5.87. The number of halogens is 3. The summed E-state index contributed by atoms with van der Waals surface area (Å²) in [4.78, 5) is 12.0. The lowest BCUT2D eigenvalue weighted by atomic mass is 10.1. The average molecular weight is 316 g/mol. The van der Waals surface area contributed by atoms with Gasteiger partial charge in [-0.1, -0.05) is 12.1 Å². The SMILES string of the molecule is CC(NC(=O)C1CCCN1)c1ccc(OCC(F)(F)F)cc1. The molecule has 22 heavy (non-hydrogen) atoms. The molecule has 2 atom stereocenters. The minimum atomic E-state index is -4.35. The molecule has 2 unspecified atom stereocenters. The molecule has 0 bridgehead atoms. The molecule has 0 aliphatic carbocycles. The van der Waals surface area contributed by atoms with Crippen LogP contribution in [0.15, 0.2) is 24.3 Å². The van der Waals surface area contributed by atoms with Crippen LogP contribution in [0.5, 0.6) is 5.75 Å². The van der Waals surface area contributed by atoms with Gasteiger partial charge in [-0.15, -0.1) is 0 Å². The zero-order chi connectivity index (χ0) is 16.2. The summed E-state index contributed by atoms with van der Waals surface area (Å²) in [5.74, 6) is 0.0967. The van der Waals surface area contributed by atoms with Crippen molar-refractivity contribution < 1.29 is 22.7 Å². The van der Waals surface area contributed by atoms with Crippen LogP contribution < -0.4 is 15.4 Å². The van der Waals surface area contributed by atoms with Gasteiger partial charge < -0.3 is 15.4 Å². The summed E-state index contributed by atoms with van der Waals surface area (Å²) in [6.45, 7) is 1.36. The fourth-order valence-corrected chi connectivity index (χ4v) is 2.32. The highest BCUT2D eigenvalue weighted by atomic mass is 19.4. The highest BCUT2D eigenvalue weighted by molar-refractivity contribution is 5.82. The van der Waals surface area contributed by atoms with Gasteiger partial charge in [-0.25, -0.2) is 0 Å². The summed E-state index contributed by atoms with van der Waals surface area (Å²) in [6.07, 6.45) is -2.55. The van der Waals surface area contributed by atoms with Crippen LogP contribution in [0.4, 0.5) is 13.2 Å². The predicted molar refractivity (Wildman–Crippen MR) is 75.6 cm³/mol. The molecule has 1 fully saturated rings. The second kappa shape index (κ2) is 7.00. The second-order valence-corrected chi connectivity index (χ2v) is 5.35. The second-order valence-electron chi connectivity index (χ2n) is 5.35. The molecule has 2 rings (SSSR count). The van der Waals surface area contributed by atoms with Crippen LogP contribution in [0.25, 0.3) is 0 Å². The molecule has 2 N–H and O–H groups in total. The molecule has 4 nitrogen and oxygen atoms in total. The Morgan fingerprint density at radius 3 is 2.64 bits per heavy atom. The lowest BCUT2D eigenvalue weighted by Gasteiger charge is -2.18. The number of hydrogen-bond acceptors (Lipinski definition) is 3. The van der Waals surface area contributed by atoms with E-state index in [1.165, 1.54) is 12.1 Å². The molecule has 1 aliphatic rings. The van der Waals surface area contributed by atoms with E-state index in [1.54, 1.807) is 12.1 Å². The maximum atomic E-state index is 12.1. The van der Waals surface area contributed by atoms with Crippen molar-refractivity contribution in [1.29, 1.82) is 0 Å². The van der Waals surface area contributed by atoms with E-state index in [4.69, 9.17) is 0 Å². The van der Waals surface area contributed by atoms with Gasteiger partial charge in [-0.2, -0.15) is 13.2 Å². The molecular formula is C15H19F3N2O2. The van der Waals surface area contributed by atoms with Gasteiger partial charge in [0.05, 0.1) is 12.1 Å². The predicted octanol–water partition coefficient (Wildman–Crippen LogP) is 2.56. The first-order chi connectivity index (χ1) is 10.3. The maximum Gasteiger partial charge on any atom is 0.422 e. The van der Waals surface area contributed by atoms with Crippen molar-refractivity contribution in [3.05, 3.63) is 29.8 Å². The molecule has 122 valence electrons. The third-order valence-corrected chi connectivity index (χ3v) is 3.52. The number of rotatable bonds is 5. The molecular weight excluding hydrogens is 297 g/mol. The first-order valence-corrected chi connectivity index (χ1v) is 7.18. The average Bonchev–Trinajstić information content (AvgIpc) is 2.99. The van der Waals surface area contributed by atoms with E-state index in [9.17, 15) is 18.0 Å². The minimum Gasteiger partial charge on any atom is -0.484 e. The van der Waals surface area contributed by atoms with Crippen molar-refractivity contribution >= 4 is 5.91 Å². The molecule has 0 saturated carbocycles. The first kappa shape index (κ1) is 16.6. The first-order valence-electron chi connectivity index (χ1n) is 7.18. The quantitative estimate of drug-likeness (QED) is 0.878.